The molecule has 20 heavy (non-hydrogen) atoms. The first kappa shape index (κ1) is 15.0. The Balaban J connectivity index is 2.13. The number of hydrogen-bond donors (Lipinski definition) is 1. The van der Waals surface area contributed by atoms with Crippen molar-refractivity contribution in [2.75, 3.05) is 6.54 Å². The van der Waals surface area contributed by atoms with Crippen LogP contribution in [0.5, 0.6) is 0 Å². The van der Waals surface area contributed by atoms with Crippen molar-refractivity contribution in [2.45, 2.75) is 29.7 Å². The van der Waals surface area contributed by atoms with Crippen LogP contribution in [-0.2, 0) is 6.54 Å². The lowest BCUT2D eigenvalue weighted by Crippen LogP contribution is -2.14. The summed E-state index contributed by atoms with van der Waals surface area (Å²) in [5.74, 6) is -1.62. The Morgan fingerprint density at radius 1 is 1.05 bits per heavy atom. The number of halogens is 2. The van der Waals surface area contributed by atoms with Crippen molar-refractivity contribution in [3.8, 4) is 0 Å². The van der Waals surface area contributed by atoms with Crippen molar-refractivity contribution >= 4 is 11.8 Å². The second-order valence-corrected chi connectivity index (χ2v) is 5.58. The third kappa shape index (κ3) is 4.05. The molecular weight excluding hydrogens is 276 g/mol. The van der Waals surface area contributed by atoms with Gasteiger partial charge in [0.25, 0.3) is 0 Å². The molecule has 0 aromatic heterocycles. The molecule has 0 unspecified atom stereocenters. The van der Waals surface area contributed by atoms with E-state index in [1.807, 2.05) is 24.3 Å². The van der Waals surface area contributed by atoms with Crippen molar-refractivity contribution in [3.63, 3.8) is 0 Å². The van der Waals surface area contributed by atoms with Crippen LogP contribution in [-0.4, -0.2) is 6.54 Å². The SMILES string of the molecule is CCCNCc1ccccc1Sc1ccc(F)c(F)c1. The van der Waals surface area contributed by atoms with E-state index in [-0.39, 0.29) is 0 Å². The predicted octanol–water partition coefficient (Wildman–Crippen LogP) is 4.62. The summed E-state index contributed by atoms with van der Waals surface area (Å²) in [4.78, 5) is 1.76. The van der Waals surface area contributed by atoms with Gasteiger partial charge in [-0.25, -0.2) is 8.78 Å². The van der Waals surface area contributed by atoms with E-state index in [1.54, 1.807) is 6.07 Å². The third-order valence-electron chi connectivity index (χ3n) is 2.83. The Hall–Kier alpha value is -1.39. The van der Waals surface area contributed by atoms with Gasteiger partial charge in [0.1, 0.15) is 0 Å². The lowest BCUT2D eigenvalue weighted by Gasteiger charge is -2.10. The van der Waals surface area contributed by atoms with Crippen LogP contribution in [0.2, 0.25) is 0 Å². The monoisotopic (exact) mass is 293 g/mol. The van der Waals surface area contributed by atoms with Gasteiger partial charge in [-0.15, -0.1) is 0 Å². The van der Waals surface area contributed by atoms with Crippen molar-refractivity contribution in [3.05, 3.63) is 59.7 Å². The quantitative estimate of drug-likeness (QED) is 0.780. The van der Waals surface area contributed by atoms with Crippen LogP contribution in [0, 0.1) is 11.6 Å². The zero-order valence-electron chi connectivity index (χ0n) is 11.3. The lowest BCUT2D eigenvalue weighted by molar-refractivity contribution is 0.506. The Bertz CT molecular complexity index is 572. The van der Waals surface area contributed by atoms with Crippen molar-refractivity contribution in [1.29, 1.82) is 0 Å². The van der Waals surface area contributed by atoms with Crippen LogP contribution in [0.4, 0.5) is 8.78 Å². The van der Waals surface area contributed by atoms with Crippen molar-refractivity contribution in [2.24, 2.45) is 0 Å². The molecule has 0 aliphatic heterocycles. The summed E-state index contributed by atoms with van der Waals surface area (Å²) in [6.45, 7) is 3.86. The fourth-order valence-corrected chi connectivity index (χ4v) is 2.79. The van der Waals surface area contributed by atoms with E-state index in [4.69, 9.17) is 0 Å². The van der Waals surface area contributed by atoms with Gasteiger partial charge in [-0.2, -0.15) is 0 Å². The molecule has 1 N–H and O–H groups in total. The minimum absolute atomic E-state index is 0.701. The van der Waals surface area contributed by atoms with E-state index in [0.29, 0.717) is 4.90 Å². The second-order valence-electron chi connectivity index (χ2n) is 4.46. The maximum absolute atomic E-state index is 13.2. The summed E-state index contributed by atoms with van der Waals surface area (Å²) in [6, 6.07) is 12.0. The number of hydrogen-bond acceptors (Lipinski definition) is 2. The first-order chi connectivity index (χ1) is 9.70. The van der Waals surface area contributed by atoms with E-state index >= 15 is 0 Å². The van der Waals surface area contributed by atoms with Crippen LogP contribution < -0.4 is 5.32 Å². The first-order valence-electron chi connectivity index (χ1n) is 6.62. The summed E-state index contributed by atoms with van der Waals surface area (Å²) in [7, 11) is 0. The van der Waals surface area contributed by atoms with E-state index in [1.165, 1.54) is 17.8 Å². The summed E-state index contributed by atoms with van der Waals surface area (Å²) >= 11 is 1.45. The molecule has 2 aromatic rings. The molecule has 0 aliphatic rings. The average molecular weight is 293 g/mol. The highest BCUT2D eigenvalue weighted by molar-refractivity contribution is 7.99. The summed E-state index contributed by atoms with van der Waals surface area (Å²) < 4.78 is 26.2. The Morgan fingerprint density at radius 3 is 2.60 bits per heavy atom. The molecule has 0 spiro atoms. The largest absolute Gasteiger partial charge is 0.313 e. The van der Waals surface area contributed by atoms with Gasteiger partial charge in [-0.1, -0.05) is 36.9 Å². The highest BCUT2D eigenvalue weighted by Gasteiger charge is 2.07. The van der Waals surface area contributed by atoms with Crippen LogP contribution in [0.15, 0.2) is 52.3 Å². The minimum atomic E-state index is -0.813. The van der Waals surface area contributed by atoms with Gasteiger partial charge in [0, 0.05) is 16.3 Å². The summed E-state index contributed by atoms with van der Waals surface area (Å²) in [5, 5.41) is 3.35. The standard InChI is InChI=1S/C16H17F2NS/c1-2-9-19-11-12-5-3-4-6-16(12)20-13-7-8-14(17)15(18)10-13/h3-8,10,19H,2,9,11H2,1H3. The van der Waals surface area contributed by atoms with E-state index in [2.05, 4.69) is 12.2 Å². The fraction of sp³-hybridized carbons (Fsp3) is 0.250. The molecule has 0 fully saturated rings. The maximum Gasteiger partial charge on any atom is 0.159 e. The molecule has 0 saturated heterocycles. The van der Waals surface area contributed by atoms with Gasteiger partial charge in [-0.3, -0.25) is 0 Å². The molecule has 0 saturated carbocycles. The van der Waals surface area contributed by atoms with E-state index in [9.17, 15) is 8.78 Å². The van der Waals surface area contributed by atoms with Crippen molar-refractivity contribution < 1.29 is 8.78 Å². The van der Waals surface area contributed by atoms with E-state index in [0.717, 1.165) is 36.0 Å². The average Bonchev–Trinajstić information content (AvgIpc) is 2.45. The van der Waals surface area contributed by atoms with Crippen LogP contribution in [0.25, 0.3) is 0 Å². The topological polar surface area (TPSA) is 12.0 Å². The molecule has 0 amide bonds. The Labute approximate surface area is 122 Å². The molecule has 0 bridgehead atoms. The normalized spacial score (nSPS) is 10.8. The smallest absolute Gasteiger partial charge is 0.159 e. The Kier molecular flexibility index (Phi) is 5.56. The summed E-state index contributed by atoms with van der Waals surface area (Å²) in [5.41, 5.74) is 1.16. The molecule has 0 atom stereocenters. The highest BCUT2D eigenvalue weighted by Crippen LogP contribution is 2.31. The molecular formula is C16H17F2NS. The fourth-order valence-electron chi connectivity index (χ4n) is 1.82. The van der Waals surface area contributed by atoms with Crippen LogP contribution >= 0.6 is 11.8 Å². The summed E-state index contributed by atoms with van der Waals surface area (Å²) in [6.07, 6.45) is 1.08. The molecule has 1 nitrogen and oxygen atoms in total. The zero-order valence-corrected chi connectivity index (χ0v) is 12.1. The van der Waals surface area contributed by atoms with Gasteiger partial charge in [0.2, 0.25) is 0 Å². The number of rotatable bonds is 6. The van der Waals surface area contributed by atoms with Gasteiger partial charge < -0.3 is 5.32 Å². The van der Waals surface area contributed by atoms with E-state index < -0.39 is 11.6 Å². The van der Waals surface area contributed by atoms with Crippen molar-refractivity contribution in [1.82, 2.24) is 5.32 Å². The van der Waals surface area contributed by atoms with Crippen LogP contribution in [0.3, 0.4) is 0 Å². The van der Waals surface area contributed by atoms with Gasteiger partial charge in [-0.05, 0) is 42.8 Å². The highest BCUT2D eigenvalue weighted by atomic mass is 32.2. The number of nitrogens with one attached hydrogen (secondary N) is 1. The van der Waals surface area contributed by atoms with Gasteiger partial charge >= 0.3 is 0 Å². The number of benzene rings is 2. The minimum Gasteiger partial charge on any atom is -0.313 e. The maximum atomic E-state index is 13.2. The molecule has 0 heterocycles. The van der Waals surface area contributed by atoms with Crippen LogP contribution in [0.1, 0.15) is 18.9 Å². The molecule has 106 valence electrons. The zero-order chi connectivity index (χ0) is 14.4. The Morgan fingerprint density at radius 2 is 1.85 bits per heavy atom. The van der Waals surface area contributed by atoms with Gasteiger partial charge in [0.05, 0.1) is 0 Å². The third-order valence-corrected chi connectivity index (χ3v) is 3.94. The lowest BCUT2D eigenvalue weighted by atomic mass is 10.2. The molecule has 2 rings (SSSR count). The first-order valence-corrected chi connectivity index (χ1v) is 7.44. The predicted molar refractivity (Wildman–Crippen MR) is 78.9 cm³/mol. The molecule has 4 heteroatoms. The molecule has 2 aromatic carbocycles. The van der Waals surface area contributed by atoms with Gasteiger partial charge in [0.15, 0.2) is 11.6 Å². The molecule has 0 radical (unpaired) electrons. The second kappa shape index (κ2) is 7.41. The molecule has 0 aliphatic carbocycles.